The molecule has 0 aliphatic carbocycles. The third kappa shape index (κ3) is 3.61. The van der Waals surface area contributed by atoms with Crippen molar-refractivity contribution in [3.63, 3.8) is 0 Å². The monoisotopic (exact) mass is 330 g/mol. The second kappa shape index (κ2) is 6.82. The summed E-state index contributed by atoms with van der Waals surface area (Å²) < 4.78 is 18.7. The zero-order valence-electron chi connectivity index (χ0n) is 13.6. The molecule has 1 amide bonds. The van der Waals surface area contributed by atoms with E-state index in [1.807, 2.05) is 25.1 Å². The highest BCUT2D eigenvalue weighted by atomic mass is 19.1. The molecule has 1 aliphatic heterocycles. The van der Waals surface area contributed by atoms with Crippen molar-refractivity contribution in [2.75, 3.05) is 32.1 Å². The van der Waals surface area contributed by atoms with Gasteiger partial charge in [-0.1, -0.05) is 0 Å². The van der Waals surface area contributed by atoms with Gasteiger partial charge in [0.1, 0.15) is 11.9 Å². The van der Waals surface area contributed by atoms with E-state index in [-0.39, 0.29) is 17.8 Å². The van der Waals surface area contributed by atoms with Gasteiger partial charge in [-0.25, -0.2) is 4.39 Å². The Kier molecular flexibility index (Phi) is 4.59. The van der Waals surface area contributed by atoms with Crippen molar-refractivity contribution in [2.24, 2.45) is 0 Å². The van der Waals surface area contributed by atoms with E-state index in [9.17, 15) is 9.18 Å². The highest BCUT2D eigenvalue weighted by molar-refractivity contribution is 5.94. The molecule has 1 atom stereocenters. The van der Waals surface area contributed by atoms with Crippen molar-refractivity contribution in [3.8, 4) is 5.88 Å². The van der Waals surface area contributed by atoms with Crippen LogP contribution in [0.25, 0.3) is 0 Å². The lowest BCUT2D eigenvalue weighted by molar-refractivity contribution is 0.0771. The Hall–Kier alpha value is -2.70. The highest BCUT2D eigenvalue weighted by Crippen LogP contribution is 2.19. The fraction of sp³-hybridized carbons (Fsp3) is 0.353. The van der Waals surface area contributed by atoms with Crippen LogP contribution in [0.1, 0.15) is 16.8 Å². The summed E-state index contributed by atoms with van der Waals surface area (Å²) in [4.78, 5) is 16.0. The van der Waals surface area contributed by atoms with E-state index < -0.39 is 0 Å². The molecule has 0 N–H and O–H groups in total. The lowest BCUT2D eigenvalue weighted by atomic mass is 10.2. The van der Waals surface area contributed by atoms with Crippen molar-refractivity contribution >= 4 is 11.7 Å². The number of carbonyl (C=O) groups is 1. The van der Waals surface area contributed by atoms with E-state index in [0.717, 1.165) is 12.2 Å². The molecule has 6 nitrogen and oxygen atoms in total. The molecule has 24 heavy (non-hydrogen) atoms. The summed E-state index contributed by atoms with van der Waals surface area (Å²) >= 11 is 0. The Bertz CT molecular complexity index is 704. The van der Waals surface area contributed by atoms with Gasteiger partial charge in [-0.3, -0.25) is 4.79 Å². The summed E-state index contributed by atoms with van der Waals surface area (Å²) in [5.41, 5.74) is 0.479. The Morgan fingerprint density at radius 1 is 1.21 bits per heavy atom. The topological polar surface area (TPSA) is 58.6 Å². The largest absolute Gasteiger partial charge is 0.471 e. The lowest BCUT2D eigenvalue weighted by Crippen LogP contribution is -2.31. The number of likely N-dealkylation sites (tertiary alicyclic amines) is 1. The van der Waals surface area contributed by atoms with Crippen LogP contribution in [0, 0.1) is 5.82 Å². The second-order valence-electron chi connectivity index (χ2n) is 5.91. The first kappa shape index (κ1) is 16.2. The molecule has 1 saturated heterocycles. The third-order valence-electron chi connectivity index (χ3n) is 3.90. The number of halogens is 1. The van der Waals surface area contributed by atoms with Crippen LogP contribution in [-0.2, 0) is 0 Å². The number of anilines is 1. The van der Waals surface area contributed by atoms with Gasteiger partial charge in [-0.15, -0.1) is 10.2 Å². The van der Waals surface area contributed by atoms with Crippen molar-refractivity contribution < 1.29 is 13.9 Å². The molecule has 1 aliphatic rings. The van der Waals surface area contributed by atoms with Crippen LogP contribution >= 0.6 is 0 Å². The normalized spacial score (nSPS) is 17.0. The first-order valence-electron chi connectivity index (χ1n) is 7.75. The Labute approximate surface area is 139 Å². The number of aromatic nitrogens is 2. The summed E-state index contributed by atoms with van der Waals surface area (Å²) in [6.45, 7) is 1.08. The molecule has 2 aromatic rings. The molecule has 1 aromatic heterocycles. The van der Waals surface area contributed by atoms with Gasteiger partial charge < -0.3 is 14.5 Å². The summed E-state index contributed by atoms with van der Waals surface area (Å²) in [6.07, 6.45) is 0.609. The minimum Gasteiger partial charge on any atom is -0.471 e. The second-order valence-corrected chi connectivity index (χ2v) is 5.91. The van der Waals surface area contributed by atoms with Gasteiger partial charge in [-0.2, -0.15) is 0 Å². The number of amides is 1. The van der Waals surface area contributed by atoms with Crippen molar-refractivity contribution in [3.05, 3.63) is 47.8 Å². The number of nitrogens with zero attached hydrogens (tertiary/aromatic N) is 4. The van der Waals surface area contributed by atoms with Crippen LogP contribution < -0.4 is 9.64 Å². The smallest absolute Gasteiger partial charge is 0.253 e. The molecule has 1 fully saturated rings. The minimum absolute atomic E-state index is 0.116. The summed E-state index contributed by atoms with van der Waals surface area (Å²) in [7, 11) is 3.78. The predicted octanol–water partition coefficient (Wildman–Crippen LogP) is 1.98. The molecular formula is C17H19FN4O2. The molecule has 0 bridgehead atoms. The first-order chi connectivity index (χ1) is 11.5. The Balaban J connectivity index is 1.58. The maximum atomic E-state index is 12.9. The SMILES string of the molecule is CN(C)c1ccc(OC2CCN(C(=O)c3ccc(F)cc3)C2)nn1. The maximum Gasteiger partial charge on any atom is 0.253 e. The summed E-state index contributed by atoms with van der Waals surface area (Å²) in [5.74, 6) is 0.729. The Morgan fingerprint density at radius 2 is 1.96 bits per heavy atom. The van der Waals surface area contributed by atoms with Gasteiger partial charge in [0.2, 0.25) is 5.88 Å². The predicted molar refractivity (Wildman–Crippen MR) is 87.7 cm³/mol. The van der Waals surface area contributed by atoms with Crippen LogP contribution in [-0.4, -0.2) is 54.3 Å². The van der Waals surface area contributed by atoms with Crippen LogP contribution in [0.5, 0.6) is 5.88 Å². The molecule has 2 heterocycles. The number of benzene rings is 1. The van der Waals surface area contributed by atoms with Gasteiger partial charge in [0.05, 0.1) is 6.54 Å². The quantitative estimate of drug-likeness (QED) is 0.858. The number of carbonyl (C=O) groups excluding carboxylic acids is 1. The van der Waals surface area contributed by atoms with E-state index in [4.69, 9.17) is 4.74 Å². The zero-order chi connectivity index (χ0) is 17.1. The average molecular weight is 330 g/mol. The van der Waals surface area contributed by atoms with Crippen molar-refractivity contribution in [1.82, 2.24) is 15.1 Å². The fourth-order valence-corrected chi connectivity index (χ4v) is 2.57. The molecule has 0 radical (unpaired) electrons. The summed E-state index contributed by atoms with van der Waals surface area (Å²) in [5, 5.41) is 8.11. The van der Waals surface area contributed by atoms with Gasteiger partial charge in [0.15, 0.2) is 5.82 Å². The third-order valence-corrected chi connectivity index (χ3v) is 3.90. The van der Waals surface area contributed by atoms with Gasteiger partial charge in [0, 0.05) is 38.7 Å². The number of hydrogen-bond donors (Lipinski definition) is 0. The highest BCUT2D eigenvalue weighted by Gasteiger charge is 2.28. The van der Waals surface area contributed by atoms with Gasteiger partial charge in [-0.05, 0) is 30.3 Å². The maximum absolute atomic E-state index is 12.9. The standard InChI is InChI=1S/C17H19FN4O2/c1-21(2)15-7-8-16(20-19-15)24-14-9-10-22(11-14)17(23)12-3-5-13(18)6-4-12/h3-8,14H,9-11H2,1-2H3. The molecule has 1 aromatic carbocycles. The first-order valence-corrected chi connectivity index (χ1v) is 7.75. The van der Waals surface area contributed by atoms with Crippen LogP contribution in [0.15, 0.2) is 36.4 Å². The van der Waals surface area contributed by atoms with Crippen molar-refractivity contribution in [2.45, 2.75) is 12.5 Å². The van der Waals surface area contributed by atoms with E-state index in [0.29, 0.717) is 24.5 Å². The van der Waals surface area contributed by atoms with Crippen molar-refractivity contribution in [1.29, 1.82) is 0 Å². The van der Waals surface area contributed by atoms with Crippen LogP contribution in [0.2, 0.25) is 0 Å². The number of hydrogen-bond acceptors (Lipinski definition) is 5. The number of ether oxygens (including phenoxy) is 1. The van der Waals surface area contributed by atoms with E-state index >= 15 is 0 Å². The Morgan fingerprint density at radius 3 is 2.58 bits per heavy atom. The summed E-state index contributed by atoms with van der Waals surface area (Å²) in [6, 6.07) is 9.18. The lowest BCUT2D eigenvalue weighted by Gasteiger charge is -2.17. The zero-order valence-corrected chi connectivity index (χ0v) is 13.6. The van der Waals surface area contributed by atoms with E-state index in [1.165, 1.54) is 24.3 Å². The molecule has 7 heteroatoms. The van der Waals surface area contributed by atoms with E-state index in [2.05, 4.69) is 10.2 Å². The molecule has 0 spiro atoms. The molecule has 3 rings (SSSR count). The molecular weight excluding hydrogens is 311 g/mol. The molecule has 126 valence electrons. The van der Waals surface area contributed by atoms with Crippen LogP contribution in [0.3, 0.4) is 0 Å². The minimum atomic E-state index is -0.353. The number of rotatable bonds is 4. The van der Waals surface area contributed by atoms with Gasteiger partial charge in [0.25, 0.3) is 5.91 Å². The molecule has 0 saturated carbocycles. The fourth-order valence-electron chi connectivity index (χ4n) is 2.57. The van der Waals surface area contributed by atoms with E-state index in [1.54, 1.807) is 11.0 Å². The van der Waals surface area contributed by atoms with Crippen LogP contribution in [0.4, 0.5) is 10.2 Å². The van der Waals surface area contributed by atoms with Gasteiger partial charge >= 0.3 is 0 Å². The average Bonchev–Trinajstić information content (AvgIpc) is 3.04. The molecule has 1 unspecified atom stereocenters.